The van der Waals surface area contributed by atoms with E-state index < -0.39 is 0 Å². The van der Waals surface area contributed by atoms with Gasteiger partial charge in [-0.1, -0.05) is 42.7 Å². The van der Waals surface area contributed by atoms with E-state index in [1.54, 1.807) is 0 Å². The molecular formula is C23H32ClN3O. The van der Waals surface area contributed by atoms with Crippen LogP contribution in [0.1, 0.15) is 56.1 Å². The number of pyridine rings is 1. The lowest BCUT2D eigenvalue weighted by Crippen LogP contribution is -2.48. The monoisotopic (exact) mass is 401 g/mol. The first kappa shape index (κ1) is 19.9. The Kier molecular flexibility index (Phi) is 6.10. The maximum absolute atomic E-state index is 6.36. The van der Waals surface area contributed by atoms with Crippen LogP contribution in [0, 0.1) is 12.3 Å². The molecule has 2 fully saturated rings. The van der Waals surface area contributed by atoms with Gasteiger partial charge in [0.15, 0.2) is 0 Å². The van der Waals surface area contributed by atoms with Crippen molar-refractivity contribution < 1.29 is 4.74 Å². The number of hydrogen-bond donors (Lipinski definition) is 2. The van der Waals surface area contributed by atoms with E-state index >= 15 is 0 Å². The van der Waals surface area contributed by atoms with Crippen LogP contribution in [0.4, 0.5) is 0 Å². The second-order valence-corrected chi connectivity index (χ2v) is 9.07. The number of aryl methyl sites for hydroxylation is 1. The zero-order valence-electron chi connectivity index (χ0n) is 16.9. The summed E-state index contributed by atoms with van der Waals surface area (Å²) in [4.78, 5) is 4.26. The first-order chi connectivity index (χ1) is 13.6. The summed E-state index contributed by atoms with van der Waals surface area (Å²) in [5, 5.41) is 7.91. The first-order valence-electron chi connectivity index (χ1n) is 10.7. The molecule has 1 aromatic heterocycles. The van der Waals surface area contributed by atoms with Crippen LogP contribution in [-0.2, 0) is 11.3 Å². The van der Waals surface area contributed by atoms with Crippen molar-refractivity contribution in [1.82, 2.24) is 15.6 Å². The van der Waals surface area contributed by atoms with Gasteiger partial charge in [0.05, 0.1) is 5.60 Å². The van der Waals surface area contributed by atoms with Gasteiger partial charge in [-0.15, -0.1) is 0 Å². The van der Waals surface area contributed by atoms with Crippen LogP contribution in [-0.4, -0.2) is 30.3 Å². The molecule has 152 valence electrons. The average Bonchev–Trinajstić information content (AvgIpc) is 3.16. The summed E-state index contributed by atoms with van der Waals surface area (Å²) in [6.07, 6.45) is 17.0. The van der Waals surface area contributed by atoms with Crippen molar-refractivity contribution in [2.45, 2.75) is 64.0 Å². The Labute approximate surface area is 173 Å². The SMILES string of the molecule is Cc1cc(CNCC[C@@]2(C3=CC=CCN3)CCOC3(CCCC3)C2)cnc1Cl. The summed E-state index contributed by atoms with van der Waals surface area (Å²) < 4.78 is 6.36. The molecule has 1 saturated carbocycles. The molecule has 3 aliphatic rings. The van der Waals surface area contributed by atoms with Crippen molar-refractivity contribution in [2.24, 2.45) is 5.41 Å². The number of allylic oxidation sites excluding steroid dienone is 3. The van der Waals surface area contributed by atoms with Crippen LogP contribution in [0.25, 0.3) is 0 Å². The molecule has 2 aliphatic heterocycles. The predicted molar refractivity (Wildman–Crippen MR) is 114 cm³/mol. The summed E-state index contributed by atoms with van der Waals surface area (Å²) in [5.41, 5.74) is 3.94. The third-order valence-corrected chi connectivity index (χ3v) is 7.12. The fourth-order valence-corrected chi connectivity index (χ4v) is 5.34. The van der Waals surface area contributed by atoms with Crippen molar-refractivity contribution in [3.05, 3.63) is 52.5 Å². The highest BCUT2D eigenvalue weighted by Crippen LogP contribution is 2.51. The maximum atomic E-state index is 6.36. The van der Waals surface area contributed by atoms with Gasteiger partial charge < -0.3 is 15.4 Å². The quantitative estimate of drug-likeness (QED) is 0.536. The van der Waals surface area contributed by atoms with E-state index in [1.807, 2.05) is 13.1 Å². The van der Waals surface area contributed by atoms with Gasteiger partial charge in [0.1, 0.15) is 5.15 Å². The topological polar surface area (TPSA) is 46.2 Å². The molecule has 1 spiro atoms. The number of aromatic nitrogens is 1. The van der Waals surface area contributed by atoms with Gasteiger partial charge in [-0.25, -0.2) is 4.98 Å². The number of dihydropyridines is 1. The molecule has 4 nitrogen and oxygen atoms in total. The summed E-state index contributed by atoms with van der Waals surface area (Å²) in [6, 6.07) is 2.12. The van der Waals surface area contributed by atoms with Gasteiger partial charge >= 0.3 is 0 Å². The molecular weight excluding hydrogens is 370 g/mol. The van der Waals surface area contributed by atoms with Gasteiger partial charge in [-0.3, -0.25) is 0 Å². The van der Waals surface area contributed by atoms with Gasteiger partial charge in [0, 0.05) is 37.0 Å². The lowest BCUT2D eigenvalue weighted by molar-refractivity contribution is -0.116. The number of rotatable bonds is 6. The lowest BCUT2D eigenvalue weighted by Gasteiger charge is -2.48. The van der Waals surface area contributed by atoms with E-state index in [0.717, 1.165) is 51.1 Å². The highest BCUT2D eigenvalue weighted by atomic mass is 35.5. The molecule has 28 heavy (non-hydrogen) atoms. The Morgan fingerprint density at radius 2 is 2.14 bits per heavy atom. The largest absolute Gasteiger partial charge is 0.384 e. The van der Waals surface area contributed by atoms with Crippen molar-refractivity contribution in [3.63, 3.8) is 0 Å². The molecule has 0 aromatic carbocycles. The third kappa shape index (κ3) is 4.29. The zero-order chi connectivity index (χ0) is 19.5. The summed E-state index contributed by atoms with van der Waals surface area (Å²) in [7, 11) is 0. The van der Waals surface area contributed by atoms with Gasteiger partial charge in [0.2, 0.25) is 0 Å². The Morgan fingerprint density at radius 1 is 1.29 bits per heavy atom. The highest BCUT2D eigenvalue weighted by molar-refractivity contribution is 6.30. The molecule has 1 atom stereocenters. The van der Waals surface area contributed by atoms with Crippen LogP contribution < -0.4 is 10.6 Å². The van der Waals surface area contributed by atoms with Crippen molar-refractivity contribution in [2.75, 3.05) is 19.7 Å². The number of nitrogens with zero attached hydrogens (tertiary/aromatic N) is 1. The minimum atomic E-state index is 0.110. The number of hydrogen-bond acceptors (Lipinski definition) is 4. The van der Waals surface area contributed by atoms with Crippen LogP contribution in [0.15, 0.2) is 36.2 Å². The maximum Gasteiger partial charge on any atom is 0.131 e. The molecule has 0 unspecified atom stereocenters. The van der Waals surface area contributed by atoms with Crippen LogP contribution in [0.5, 0.6) is 0 Å². The Bertz CT molecular complexity index is 754. The van der Waals surface area contributed by atoms with Crippen LogP contribution >= 0.6 is 11.6 Å². The normalized spacial score (nSPS) is 26.3. The molecule has 1 aliphatic carbocycles. The van der Waals surface area contributed by atoms with Gasteiger partial charge in [-0.05, 0) is 62.8 Å². The number of nitrogens with one attached hydrogen (secondary N) is 2. The fraction of sp³-hybridized carbons (Fsp3) is 0.609. The van der Waals surface area contributed by atoms with E-state index in [0.29, 0.717) is 5.15 Å². The predicted octanol–water partition coefficient (Wildman–Crippen LogP) is 4.68. The van der Waals surface area contributed by atoms with Crippen molar-refractivity contribution >= 4 is 11.6 Å². The zero-order valence-corrected chi connectivity index (χ0v) is 17.7. The van der Waals surface area contributed by atoms with E-state index in [-0.39, 0.29) is 11.0 Å². The fourth-order valence-electron chi connectivity index (χ4n) is 5.24. The molecule has 1 aromatic rings. The van der Waals surface area contributed by atoms with E-state index in [4.69, 9.17) is 16.3 Å². The van der Waals surface area contributed by atoms with Gasteiger partial charge in [-0.2, -0.15) is 0 Å². The van der Waals surface area contributed by atoms with Crippen LogP contribution in [0.3, 0.4) is 0 Å². The molecule has 0 amide bonds. The smallest absolute Gasteiger partial charge is 0.131 e. The second-order valence-electron chi connectivity index (χ2n) is 8.71. The Morgan fingerprint density at radius 3 is 2.89 bits per heavy atom. The Balaban J connectivity index is 1.43. The molecule has 0 bridgehead atoms. The first-order valence-corrected chi connectivity index (χ1v) is 11.1. The standard InChI is InChI=1S/C23H32ClN3O/c1-18-14-19(16-27-21(18)24)15-25-12-9-22(20-6-2-5-11-26-20)10-13-28-23(17-22)7-3-4-8-23/h2,5-6,14,16,25-26H,3-4,7-13,15,17H2,1H3/t22-/m1/s1. The number of halogens is 1. The summed E-state index contributed by atoms with van der Waals surface area (Å²) in [5.74, 6) is 0. The summed E-state index contributed by atoms with van der Waals surface area (Å²) in [6.45, 7) is 5.63. The third-order valence-electron chi connectivity index (χ3n) is 6.73. The molecule has 5 heteroatoms. The van der Waals surface area contributed by atoms with E-state index in [9.17, 15) is 0 Å². The van der Waals surface area contributed by atoms with Crippen LogP contribution in [0.2, 0.25) is 5.15 Å². The van der Waals surface area contributed by atoms with Crippen molar-refractivity contribution in [1.29, 1.82) is 0 Å². The van der Waals surface area contributed by atoms with E-state index in [2.05, 4.69) is 39.9 Å². The minimum Gasteiger partial charge on any atom is -0.384 e. The highest BCUT2D eigenvalue weighted by Gasteiger charge is 2.48. The number of ether oxygens (including phenoxy) is 1. The summed E-state index contributed by atoms with van der Waals surface area (Å²) >= 11 is 6.05. The lowest BCUT2D eigenvalue weighted by atomic mass is 9.67. The van der Waals surface area contributed by atoms with Gasteiger partial charge in [0.25, 0.3) is 0 Å². The van der Waals surface area contributed by atoms with Crippen molar-refractivity contribution in [3.8, 4) is 0 Å². The molecule has 4 rings (SSSR count). The average molecular weight is 402 g/mol. The molecule has 0 radical (unpaired) electrons. The molecule has 3 heterocycles. The Hall–Kier alpha value is -1.36. The second kappa shape index (κ2) is 8.56. The van der Waals surface area contributed by atoms with E-state index in [1.165, 1.54) is 36.9 Å². The minimum absolute atomic E-state index is 0.110. The molecule has 2 N–H and O–H groups in total. The molecule has 1 saturated heterocycles.